The Morgan fingerprint density at radius 2 is 2.14 bits per heavy atom. The molecule has 1 amide bonds. The predicted molar refractivity (Wildman–Crippen MR) is 88.0 cm³/mol. The number of nitrogens with one attached hydrogen (secondary N) is 1. The van der Waals surface area contributed by atoms with Crippen LogP contribution in [-0.4, -0.2) is 25.5 Å². The molecule has 0 spiro atoms. The molecule has 22 heavy (non-hydrogen) atoms. The monoisotopic (exact) mass is 365 g/mol. The van der Waals surface area contributed by atoms with E-state index in [1.54, 1.807) is 4.68 Å². The average molecular weight is 366 g/mol. The van der Waals surface area contributed by atoms with E-state index >= 15 is 0 Å². The van der Waals surface area contributed by atoms with Crippen LogP contribution < -0.4 is 5.32 Å². The molecule has 1 N–H and O–H groups in total. The maximum absolute atomic E-state index is 12.5. The molecule has 0 unspecified atom stereocenters. The summed E-state index contributed by atoms with van der Waals surface area (Å²) in [4.78, 5) is 12.5. The number of rotatable bonds is 4. The van der Waals surface area contributed by atoms with E-state index in [9.17, 15) is 4.79 Å². The maximum atomic E-state index is 12.5. The van der Waals surface area contributed by atoms with E-state index in [0.29, 0.717) is 16.2 Å². The first-order chi connectivity index (χ1) is 10.6. The van der Waals surface area contributed by atoms with Gasteiger partial charge in [-0.25, -0.2) is 4.68 Å². The van der Waals surface area contributed by atoms with E-state index in [1.165, 1.54) is 12.8 Å². The molecule has 7 heteroatoms. The molecule has 0 aromatic carbocycles. The lowest BCUT2D eigenvalue weighted by Crippen LogP contribution is -2.18. The van der Waals surface area contributed by atoms with Crippen molar-refractivity contribution in [1.29, 1.82) is 0 Å². The van der Waals surface area contributed by atoms with Gasteiger partial charge >= 0.3 is 0 Å². The van der Waals surface area contributed by atoms with Gasteiger partial charge in [0.2, 0.25) is 0 Å². The van der Waals surface area contributed by atoms with Gasteiger partial charge in [-0.15, -0.1) is 0 Å². The third-order valence-corrected chi connectivity index (χ3v) is 4.61. The smallest absolute Gasteiger partial charge is 0.278 e. The quantitative estimate of drug-likeness (QED) is 0.900. The first kappa shape index (κ1) is 15.3. The van der Waals surface area contributed by atoms with Crippen LogP contribution in [0.15, 0.2) is 16.7 Å². The number of halogens is 1. The molecule has 3 rings (SSSR count). The van der Waals surface area contributed by atoms with Crippen LogP contribution in [0, 0.1) is 6.92 Å². The van der Waals surface area contributed by atoms with Gasteiger partial charge in [0.25, 0.3) is 5.91 Å². The summed E-state index contributed by atoms with van der Waals surface area (Å²) >= 11 is 3.40. The summed E-state index contributed by atoms with van der Waals surface area (Å²) in [7, 11) is 0. The fourth-order valence-corrected chi connectivity index (χ4v) is 3.42. The first-order valence-electron chi connectivity index (χ1n) is 7.69. The van der Waals surface area contributed by atoms with Crippen LogP contribution in [-0.2, 0) is 6.54 Å². The molecule has 6 nitrogen and oxygen atoms in total. The molecule has 0 atom stereocenters. The lowest BCUT2D eigenvalue weighted by molar-refractivity contribution is 0.101. The molecule has 0 bridgehead atoms. The minimum Gasteiger partial charge on any atom is -0.305 e. The Morgan fingerprint density at radius 3 is 2.77 bits per heavy atom. The Labute approximate surface area is 138 Å². The SMILES string of the molecule is CCn1cc(Br)c(C(=O)Nc2cc(C)nn2C2CCCC2)n1. The molecule has 0 aliphatic heterocycles. The molecule has 1 aliphatic rings. The highest BCUT2D eigenvalue weighted by Crippen LogP contribution is 2.32. The van der Waals surface area contributed by atoms with E-state index in [2.05, 4.69) is 31.4 Å². The van der Waals surface area contributed by atoms with Crippen LogP contribution >= 0.6 is 15.9 Å². The molecule has 2 aromatic heterocycles. The lowest BCUT2D eigenvalue weighted by atomic mass is 10.2. The molecule has 2 aromatic rings. The van der Waals surface area contributed by atoms with Gasteiger partial charge in [-0.1, -0.05) is 12.8 Å². The van der Waals surface area contributed by atoms with Gasteiger partial charge in [-0.2, -0.15) is 10.2 Å². The van der Waals surface area contributed by atoms with Crippen molar-refractivity contribution in [2.45, 2.75) is 52.1 Å². The normalized spacial score (nSPS) is 15.4. The second-order valence-electron chi connectivity index (χ2n) is 5.69. The van der Waals surface area contributed by atoms with Crippen LogP contribution in [0.1, 0.15) is 54.8 Å². The van der Waals surface area contributed by atoms with Gasteiger partial charge < -0.3 is 5.32 Å². The summed E-state index contributed by atoms with van der Waals surface area (Å²) in [6.07, 6.45) is 6.51. The second kappa shape index (κ2) is 6.24. The highest BCUT2D eigenvalue weighted by molar-refractivity contribution is 9.10. The van der Waals surface area contributed by atoms with Crippen molar-refractivity contribution in [2.24, 2.45) is 0 Å². The largest absolute Gasteiger partial charge is 0.305 e. The lowest BCUT2D eigenvalue weighted by Gasteiger charge is -2.14. The average Bonchev–Trinajstić information content (AvgIpc) is 3.18. The van der Waals surface area contributed by atoms with Crippen molar-refractivity contribution in [3.63, 3.8) is 0 Å². The van der Waals surface area contributed by atoms with Crippen molar-refractivity contribution in [3.05, 3.63) is 28.1 Å². The summed E-state index contributed by atoms with van der Waals surface area (Å²) in [5.41, 5.74) is 1.32. The van der Waals surface area contributed by atoms with Crippen molar-refractivity contribution >= 4 is 27.7 Å². The van der Waals surface area contributed by atoms with E-state index < -0.39 is 0 Å². The number of carbonyl (C=O) groups excluding carboxylic acids is 1. The number of anilines is 1. The van der Waals surface area contributed by atoms with Gasteiger partial charge in [-0.05, 0) is 42.6 Å². The summed E-state index contributed by atoms with van der Waals surface area (Å²) in [5.74, 6) is 0.547. The molecule has 1 saturated carbocycles. The third-order valence-electron chi connectivity index (χ3n) is 4.03. The summed E-state index contributed by atoms with van der Waals surface area (Å²) in [6, 6.07) is 2.31. The minimum absolute atomic E-state index is 0.210. The summed E-state index contributed by atoms with van der Waals surface area (Å²) < 4.78 is 4.40. The van der Waals surface area contributed by atoms with Crippen LogP contribution in [0.2, 0.25) is 0 Å². The predicted octanol–water partition coefficient (Wildman–Crippen LogP) is 3.54. The zero-order valence-electron chi connectivity index (χ0n) is 12.8. The van der Waals surface area contributed by atoms with E-state index in [4.69, 9.17) is 0 Å². The fourth-order valence-electron chi connectivity index (χ4n) is 2.93. The Kier molecular flexibility index (Phi) is 4.33. The van der Waals surface area contributed by atoms with Gasteiger partial charge in [0.05, 0.1) is 16.2 Å². The number of amides is 1. The number of nitrogens with zero attached hydrogens (tertiary/aromatic N) is 4. The number of aryl methyl sites for hydroxylation is 2. The number of carbonyl (C=O) groups is 1. The Hall–Kier alpha value is -1.63. The van der Waals surface area contributed by atoms with Crippen molar-refractivity contribution in [2.75, 3.05) is 5.32 Å². The molecule has 118 valence electrons. The fraction of sp³-hybridized carbons (Fsp3) is 0.533. The summed E-state index contributed by atoms with van der Waals surface area (Å²) in [6.45, 7) is 4.66. The molecule has 1 fully saturated rings. The third kappa shape index (κ3) is 2.95. The minimum atomic E-state index is -0.210. The Balaban J connectivity index is 1.83. The number of hydrogen-bond donors (Lipinski definition) is 1. The molecule has 0 saturated heterocycles. The molecular formula is C15H20BrN5O. The Bertz CT molecular complexity index is 684. The van der Waals surface area contributed by atoms with Crippen LogP contribution in [0.3, 0.4) is 0 Å². The molecular weight excluding hydrogens is 346 g/mol. The van der Waals surface area contributed by atoms with Crippen LogP contribution in [0.5, 0.6) is 0 Å². The Morgan fingerprint density at radius 1 is 1.41 bits per heavy atom. The van der Waals surface area contributed by atoms with Gasteiger partial charge in [0, 0.05) is 18.8 Å². The van der Waals surface area contributed by atoms with E-state index in [0.717, 1.165) is 30.9 Å². The maximum Gasteiger partial charge on any atom is 0.278 e. The van der Waals surface area contributed by atoms with Crippen LogP contribution in [0.4, 0.5) is 5.82 Å². The van der Waals surface area contributed by atoms with Gasteiger partial charge in [-0.3, -0.25) is 9.48 Å². The molecule has 0 radical (unpaired) electrons. The number of hydrogen-bond acceptors (Lipinski definition) is 3. The van der Waals surface area contributed by atoms with E-state index in [-0.39, 0.29) is 5.91 Å². The van der Waals surface area contributed by atoms with Gasteiger partial charge in [0.1, 0.15) is 5.82 Å². The zero-order chi connectivity index (χ0) is 15.7. The van der Waals surface area contributed by atoms with Crippen LogP contribution in [0.25, 0.3) is 0 Å². The second-order valence-corrected chi connectivity index (χ2v) is 6.54. The standard InChI is InChI=1S/C15H20BrN5O/c1-3-20-9-12(16)14(19-20)15(22)17-13-8-10(2)18-21(13)11-6-4-5-7-11/h8-9,11H,3-7H2,1-2H3,(H,17,22). The van der Waals surface area contributed by atoms with Gasteiger partial charge in [0.15, 0.2) is 5.69 Å². The van der Waals surface area contributed by atoms with E-state index in [1.807, 2.05) is 30.8 Å². The van der Waals surface area contributed by atoms with Crippen molar-refractivity contribution < 1.29 is 4.79 Å². The topological polar surface area (TPSA) is 64.7 Å². The number of aromatic nitrogens is 4. The summed E-state index contributed by atoms with van der Waals surface area (Å²) in [5, 5.41) is 11.8. The molecule has 1 aliphatic carbocycles. The molecule has 2 heterocycles. The van der Waals surface area contributed by atoms with Crippen molar-refractivity contribution in [1.82, 2.24) is 19.6 Å². The van der Waals surface area contributed by atoms with Crippen molar-refractivity contribution in [3.8, 4) is 0 Å². The zero-order valence-corrected chi connectivity index (χ0v) is 14.4. The highest BCUT2D eigenvalue weighted by Gasteiger charge is 2.23. The highest BCUT2D eigenvalue weighted by atomic mass is 79.9. The first-order valence-corrected chi connectivity index (χ1v) is 8.48.